The van der Waals surface area contributed by atoms with E-state index < -0.39 is 0 Å². The van der Waals surface area contributed by atoms with E-state index in [1.807, 2.05) is 7.05 Å². The number of nitrogens with zero attached hydrogens (tertiary/aromatic N) is 3. The predicted molar refractivity (Wildman–Crippen MR) is 77.0 cm³/mol. The molecule has 0 spiro atoms. The third-order valence-corrected chi connectivity index (χ3v) is 3.67. The second-order valence-corrected chi connectivity index (χ2v) is 5.62. The predicted octanol–water partition coefficient (Wildman–Crippen LogP) is 2.88. The molecule has 96 valence electrons. The number of nitrogens with two attached hydrogens (primary N) is 1. The molecule has 0 aliphatic heterocycles. The summed E-state index contributed by atoms with van der Waals surface area (Å²) in [7, 11) is 2.04. The van der Waals surface area contributed by atoms with Crippen molar-refractivity contribution in [2.75, 3.05) is 17.7 Å². The molecule has 2 heterocycles. The molecule has 0 amide bonds. The first-order valence-corrected chi connectivity index (χ1v) is 6.81. The fourth-order valence-corrected chi connectivity index (χ4v) is 2.73. The lowest BCUT2D eigenvalue weighted by atomic mass is 10.0. The molecule has 2 aromatic rings. The zero-order chi connectivity index (χ0) is 13.1. The minimum atomic E-state index is 0.312. The Morgan fingerprint density at radius 2 is 2.17 bits per heavy atom. The summed E-state index contributed by atoms with van der Waals surface area (Å²) in [6.45, 7) is 5.06. The van der Waals surface area contributed by atoms with Gasteiger partial charge >= 0.3 is 0 Å². The monoisotopic (exact) mass is 262 g/mol. The Labute approximate surface area is 111 Å². The van der Waals surface area contributed by atoms with Crippen LogP contribution in [0.15, 0.2) is 23.8 Å². The first kappa shape index (κ1) is 12.8. The lowest BCUT2D eigenvalue weighted by Gasteiger charge is -2.22. The van der Waals surface area contributed by atoms with E-state index in [0.29, 0.717) is 11.7 Å². The van der Waals surface area contributed by atoms with Crippen molar-refractivity contribution >= 4 is 23.0 Å². The molecule has 18 heavy (non-hydrogen) atoms. The van der Waals surface area contributed by atoms with Crippen LogP contribution in [0.1, 0.15) is 30.2 Å². The standard InChI is InChI=1S/C13H18N4S/c1-9(2)11-12(14)15-8-16-13(11)17(3)7-10-5-4-6-18-10/h4-6,8-9H,7H2,1-3H3,(H2,14,15,16). The normalized spacial score (nSPS) is 10.9. The molecule has 0 aliphatic rings. The maximum absolute atomic E-state index is 5.96. The molecule has 0 saturated carbocycles. The summed E-state index contributed by atoms with van der Waals surface area (Å²) < 4.78 is 0. The summed E-state index contributed by atoms with van der Waals surface area (Å²) in [4.78, 5) is 11.9. The highest BCUT2D eigenvalue weighted by Gasteiger charge is 2.16. The Hall–Kier alpha value is -1.62. The van der Waals surface area contributed by atoms with Crippen LogP contribution in [-0.2, 0) is 6.54 Å². The zero-order valence-corrected chi connectivity index (χ0v) is 11.7. The fourth-order valence-electron chi connectivity index (χ4n) is 1.97. The van der Waals surface area contributed by atoms with Gasteiger partial charge in [-0.25, -0.2) is 9.97 Å². The van der Waals surface area contributed by atoms with E-state index in [-0.39, 0.29) is 0 Å². The van der Waals surface area contributed by atoms with Crippen LogP contribution in [0.4, 0.5) is 11.6 Å². The molecule has 0 bridgehead atoms. The maximum atomic E-state index is 5.96. The number of anilines is 2. The van der Waals surface area contributed by atoms with Crippen molar-refractivity contribution in [3.8, 4) is 0 Å². The van der Waals surface area contributed by atoms with E-state index in [4.69, 9.17) is 5.73 Å². The van der Waals surface area contributed by atoms with E-state index in [1.54, 1.807) is 11.3 Å². The van der Waals surface area contributed by atoms with Gasteiger partial charge in [-0.1, -0.05) is 19.9 Å². The van der Waals surface area contributed by atoms with E-state index in [1.165, 1.54) is 11.2 Å². The highest BCUT2D eigenvalue weighted by atomic mass is 32.1. The lowest BCUT2D eigenvalue weighted by Crippen LogP contribution is -2.20. The minimum Gasteiger partial charge on any atom is -0.383 e. The van der Waals surface area contributed by atoms with Gasteiger partial charge in [0, 0.05) is 17.5 Å². The van der Waals surface area contributed by atoms with Crippen LogP contribution < -0.4 is 10.6 Å². The number of rotatable bonds is 4. The average Bonchev–Trinajstić information content (AvgIpc) is 2.80. The molecule has 0 saturated heterocycles. The molecule has 0 fully saturated rings. The fraction of sp³-hybridized carbons (Fsp3) is 0.385. The van der Waals surface area contributed by atoms with Crippen LogP contribution in [0.5, 0.6) is 0 Å². The van der Waals surface area contributed by atoms with Gasteiger partial charge in [0.2, 0.25) is 0 Å². The molecular weight excluding hydrogens is 244 g/mol. The number of aromatic nitrogens is 2. The van der Waals surface area contributed by atoms with Gasteiger partial charge < -0.3 is 10.6 Å². The number of nitrogen functional groups attached to an aromatic ring is 1. The van der Waals surface area contributed by atoms with E-state index in [9.17, 15) is 0 Å². The summed E-state index contributed by atoms with van der Waals surface area (Å²) in [5.41, 5.74) is 6.98. The number of hydrogen-bond donors (Lipinski definition) is 1. The third-order valence-electron chi connectivity index (χ3n) is 2.81. The van der Waals surface area contributed by atoms with Crippen LogP contribution in [0, 0.1) is 0 Å². The van der Waals surface area contributed by atoms with Crippen LogP contribution in [0.2, 0.25) is 0 Å². The van der Waals surface area contributed by atoms with Gasteiger partial charge in [-0.3, -0.25) is 0 Å². The maximum Gasteiger partial charge on any atom is 0.137 e. The first-order chi connectivity index (χ1) is 8.59. The topological polar surface area (TPSA) is 55.0 Å². The Morgan fingerprint density at radius 1 is 1.39 bits per heavy atom. The van der Waals surface area contributed by atoms with Gasteiger partial charge in [0.15, 0.2) is 0 Å². The molecule has 2 aromatic heterocycles. The van der Waals surface area contributed by atoms with Crippen LogP contribution in [0.25, 0.3) is 0 Å². The van der Waals surface area contributed by atoms with Gasteiger partial charge in [0.1, 0.15) is 18.0 Å². The second kappa shape index (κ2) is 5.35. The van der Waals surface area contributed by atoms with Crippen molar-refractivity contribution in [3.63, 3.8) is 0 Å². The van der Waals surface area contributed by atoms with Crippen LogP contribution in [0.3, 0.4) is 0 Å². The second-order valence-electron chi connectivity index (χ2n) is 4.59. The van der Waals surface area contributed by atoms with Crippen molar-refractivity contribution in [1.29, 1.82) is 0 Å². The third kappa shape index (κ3) is 2.61. The van der Waals surface area contributed by atoms with Gasteiger partial charge in [-0.15, -0.1) is 11.3 Å². The van der Waals surface area contributed by atoms with Gasteiger partial charge in [-0.2, -0.15) is 0 Å². The van der Waals surface area contributed by atoms with Crippen molar-refractivity contribution in [2.45, 2.75) is 26.3 Å². The van der Waals surface area contributed by atoms with Crippen LogP contribution in [-0.4, -0.2) is 17.0 Å². The Kier molecular flexibility index (Phi) is 3.81. The molecule has 0 radical (unpaired) electrons. The average molecular weight is 262 g/mol. The van der Waals surface area contributed by atoms with E-state index >= 15 is 0 Å². The number of thiophene rings is 1. The first-order valence-electron chi connectivity index (χ1n) is 5.93. The summed E-state index contributed by atoms with van der Waals surface area (Å²) in [5, 5.41) is 2.08. The molecule has 4 nitrogen and oxygen atoms in total. The van der Waals surface area contributed by atoms with Crippen molar-refractivity contribution in [3.05, 3.63) is 34.3 Å². The largest absolute Gasteiger partial charge is 0.383 e. The Balaban J connectivity index is 2.29. The van der Waals surface area contributed by atoms with E-state index in [2.05, 4.69) is 46.2 Å². The highest BCUT2D eigenvalue weighted by Crippen LogP contribution is 2.29. The highest BCUT2D eigenvalue weighted by molar-refractivity contribution is 7.09. The lowest BCUT2D eigenvalue weighted by molar-refractivity contribution is 0.816. The summed E-state index contributed by atoms with van der Waals surface area (Å²) in [5.74, 6) is 1.81. The quantitative estimate of drug-likeness (QED) is 0.920. The Morgan fingerprint density at radius 3 is 2.78 bits per heavy atom. The van der Waals surface area contributed by atoms with E-state index in [0.717, 1.165) is 17.9 Å². The minimum absolute atomic E-state index is 0.312. The summed E-state index contributed by atoms with van der Waals surface area (Å²) in [6.07, 6.45) is 1.53. The molecular formula is C13H18N4S. The molecule has 5 heteroatoms. The molecule has 2 rings (SSSR count). The van der Waals surface area contributed by atoms with Crippen molar-refractivity contribution in [1.82, 2.24) is 9.97 Å². The van der Waals surface area contributed by atoms with Gasteiger partial charge in [0.25, 0.3) is 0 Å². The SMILES string of the molecule is CC(C)c1c(N)ncnc1N(C)Cc1cccs1. The molecule has 0 aromatic carbocycles. The molecule has 0 unspecified atom stereocenters. The zero-order valence-electron chi connectivity index (χ0n) is 10.9. The summed E-state index contributed by atoms with van der Waals surface area (Å²) >= 11 is 1.75. The van der Waals surface area contributed by atoms with Crippen molar-refractivity contribution < 1.29 is 0 Å². The number of hydrogen-bond acceptors (Lipinski definition) is 5. The van der Waals surface area contributed by atoms with Crippen molar-refractivity contribution in [2.24, 2.45) is 0 Å². The Bertz CT molecular complexity index is 508. The molecule has 2 N–H and O–H groups in total. The van der Waals surface area contributed by atoms with Gasteiger partial charge in [-0.05, 0) is 17.4 Å². The van der Waals surface area contributed by atoms with Gasteiger partial charge in [0.05, 0.1) is 6.54 Å². The summed E-state index contributed by atoms with van der Waals surface area (Å²) in [6, 6.07) is 4.19. The van der Waals surface area contributed by atoms with Crippen LogP contribution >= 0.6 is 11.3 Å². The molecule has 0 atom stereocenters. The molecule has 0 aliphatic carbocycles. The smallest absolute Gasteiger partial charge is 0.137 e.